The fourth-order valence-corrected chi connectivity index (χ4v) is 4.39. The highest BCUT2D eigenvalue weighted by atomic mass is 32.2. The van der Waals surface area contributed by atoms with Crippen molar-refractivity contribution in [1.29, 1.82) is 5.26 Å². The maximum absolute atomic E-state index is 12.7. The molecule has 0 aliphatic carbocycles. The number of hydrogen-bond donors (Lipinski definition) is 1. The van der Waals surface area contributed by atoms with Gasteiger partial charge in [-0.05, 0) is 31.9 Å². The third-order valence-corrected chi connectivity index (χ3v) is 5.73. The number of rotatable bonds is 3. The van der Waals surface area contributed by atoms with Gasteiger partial charge in [-0.2, -0.15) is 9.57 Å². The van der Waals surface area contributed by atoms with Crippen molar-refractivity contribution in [1.82, 2.24) is 9.29 Å². The van der Waals surface area contributed by atoms with E-state index >= 15 is 0 Å². The Morgan fingerprint density at radius 1 is 1.57 bits per heavy atom. The molecule has 0 aromatic carbocycles. The number of hydrogen-bond acceptors (Lipinski definition) is 5. The summed E-state index contributed by atoms with van der Waals surface area (Å²) in [6, 6.07) is 3.86. The minimum absolute atomic E-state index is 0.176. The summed E-state index contributed by atoms with van der Waals surface area (Å²) in [6.45, 7) is 1.82. The lowest BCUT2D eigenvalue weighted by atomic mass is 9.92. The normalized spacial score (nSPS) is 23.4. The molecule has 8 heteroatoms. The minimum atomic E-state index is -3.94. The number of nitriles is 1. The van der Waals surface area contributed by atoms with Gasteiger partial charge in [-0.1, -0.05) is 0 Å². The van der Waals surface area contributed by atoms with Crippen molar-refractivity contribution in [2.45, 2.75) is 30.7 Å². The highest BCUT2D eigenvalue weighted by Crippen LogP contribution is 2.30. The van der Waals surface area contributed by atoms with Crippen molar-refractivity contribution in [3.63, 3.8) is 0 Å². The van der Waals surface area contributed by atoms with Gasteiger partial charge in [0.1, 0.15) is 11.0 Å². The fourth-order valence-electron chi connectivity index (χ4n) is 2.59. The molecule has 2 atom stereocenters. The van der Waals surface area contributed by atoms with E-state index in [-0.39, 0.29) is 17.1 Å². The molecule has 1 aliphatic heterocycles. The van der Waals surface area contributed by atoms with Gasteiger partial charge in [-0.15, -0.1) is 0 Å². The van der Waals surface area contributed by atoms with Crippen LogP contribution in [0.25, 0.3) is 0 Å². The zero-order valence-electron chi connectivity index (χ0n) is 11.4. The highest BCUT2D eigenvalue weighted by molar-refractivity contribution is 7.89. The van der Waals surface area contributed by atoms with E-state index in [0.29, 0.717) is 12.8 Å². The molecule has 7 nitrogen and oxygen atoms in total. The molecule has 1 fully saturated rings. The van der Waals surface area contributed by atoms with E-state index in [2.05, 4.69) is 4.98 Å². The highest BCUT2D eigenvalue weighted by Gasteiger charge is 2.40. The lowest BCUT2D eigenvalue weighted by molar-refractivity contribution is -0.144. The summed E-state index contributed by atoms with van der Waals surface area (Å²) in [6.07, 6.45) is 2.26. The van der Waals surface area contributed by atoms with E-state index < -0.39 is 28.0 Å². The zero-order chi connectivity index (χ0) is 15.6. The molecule has 0 radical (unpaired) electrons. The molecule has 2 rings (SSSR count). The average molecular weight is 309 g/mol. The first-order valence-electron chi connectivity index (χ1n) is 6.49. The number of nitrogens with zero attached hydrogens (tertiary/aromatic N) is 3. The van der Waals surface area contributed by atoms with E-state index in [1.807, 2.05) is 0 Å². The number of carboxylic acid groups (broad SMARTS) is 1. The second-order valence-electron chi connectivity index (χ2n) is 4.91. The number of sulfonamides is 1. The third-order valence-electron chi connectivity index (χ3n) is 3.71. The lowest BCUT2D eigenvalue weighted by Crippen LogP contribution is -2.49. The molecule has 0 amide bonds. The van der Waals surface area contributed by atoms with E-state index in [9.17, 15) is 18.3 Å². The van der Waals surface area contributed by atoms with Crippen LogP contribution in [0.15, 0.2) is 23.2 Å². The van der Waals surface area contributed by atoms with E-state index in [0.717, 1.165) is 4.31 Å². The molecule has 21 heavy (non-hydrogen) atoms. The minimum Gasteiger partial charge on any atom is -0.481 e. The molecule has 0 unspecified atom stereocenters. The predicted octanol–water partition coefficient (Wildman–Crippen LogP) is 0.827. The van der Waals surface area contributed by atoms with Crippen LogP contribution in [0.4, 0.5) is 0 Å². The Morgan fingerprint density at radius 2 is 2.29 bits per heavy atom. The molecule has 0 spiro atoms. The van der Waals surface area contributed by atoms with Crippen LogP contribution >= 0.6 is 0 Å². The van der Waals surface area contributed by atoms with Gasteiger partial charge in [-0.25, -0.2) is 13.4 Å². The summed E-state index contributed by atoms with van der Waals surface area (Å²) in [5.41, 5.74) is -0.179. The monoisotopic (exact) mass is 309 g/mol. The summed E-state index contributed by atoms with van der Waals surface area (Å²) in [7, 11) is -3.94. The van der Waals surface area contributed by atoms with Crippen LogP contribution in [-0.2, 0) is 14.8 Å². The van der Waals surface area contributed by atoms with E-state index in [4.69, 9.17) is 5.26 Å². The molecule has 0 saturated carbocycles. The molecule has 1 aromatic heterocycles. The van der Waals surface area contributed by atoms with Gasteiger partial charge < -0.3 is 5.11 Å². The van der Waals surface area contributed by atoms with E-state index in [1.54, 1.807) is 13.0 Å². The number of pyridine rings is 1. The zero-order valence-corrected chi connectivity index (χ0v) is 12.2. The molecule has 2 heterocycles. The molecule has 0 bridgehead atoms. The fraction of sp³-hybridized carbons (Fsp3) is 0.462. The largest absolute Gasteiger partial charge is 0.481 e. The Hall–Kier alpha value is -1.98. The Bertz CT molecular complexity index is 696. The standard InChI is InChI=1S/C13H15N3O4S/c1-9-10(13(17)18)4-3-7-16(9)21(19,20)12-5-2-6-15-11(12)8-14/h2,5-6,9-10H,3-4,7H2,1H3,(H,17,18)/t9-,10-/m1/s1. The van der Waals surface area contributed by atoms with Crippen molar-refractivity contribution < 1.29 is 18.3 Å². The van der Waals surface area contributed by atoms with Crippen molar-refractivity contribution >= 4 is 16.0 Å². The first-order valence-corrected chi connectivity index (χ1v) is 7.93. The van der Waals surface area contributed by atoms with Crippen molar-refractivity contribution in [3.8, 4) is 6.07 Å². The van der Waals surface area contributed by atoms with Crippen LogP contribution in [0.3, 0.4) is 0 Å². The molecular formula is C13H15N3O4S. The number of aromatic nitrogens is 1. The van der Waals surface area contributed by atoms with Crippen LogP contribution in [0, 0.1) is 17.2 Å². The first kappa shape index (κ1) is 15.4. The van der Waals surface area contributed by atoms with Gasteiger partial charge in [0.15, 0.2) is 5.69 Å². The smallest absolute Gasteiger partial charge is 0.308 e. The molecule has 1 saturated heterocycles. The van der Waals surface area contributed by atoms with Crippen LogP contribution in [0.5, 0.6) is 0 Å². The Labute approximate surface area is 122 Å². The Morgan fingerprint density at radius 3 is 2.90 bits per heavy atom. The SMILES string of the molecule is C[C@@H]1[C@H](C(=O)O)CCCN1S(=O)(=O)c1cccnc1C#N. The summed E-state index contributed by atoms with van der Waals surface area (Å²) < 4.78 is 26.5. The van der Waals surface area contributed by atoms with Crippen molar-refractivity contribution in [2.75, 3.05) is 6.54 Å². The van der Waals surface area contributed by atoms with Crippen LogP contribution < -0.4 is 0 Å². The van der Waals surface area contributed by atoms with Crippen LogP contribution in [0.1, 0.15) is 25.5 Å². The van der Waals surface area contributed by atoms with Gasteiger partial charge in [0.25, 0.3) is 0 Å². The second kappa shape index (κ2) is 5.79. The Balaban J connectivity index is 2.44. The van der Waals surface area contributed by atoms with Gasteiger partial charge >= 0.3 is 5.97 Å². The van der Waals surface area contributed by atoms with Crippen LogP contribution in [0.2, 0.25) is 0 Å². The molecule has 1 aliphatic rings. The summed E-state index contributed by atoms with van der Waals surface area (Å²) in [5.74, 6) is -1.75. The van der Waals surface area contributed by atoms with Gasteiger partial charge in [0.2, 0.25) is 10.0 Å². The summed E-state index contributed by atoms with van der Waals surface area (Å²) in [5, 5.41) is 18.2. The lowest BCUT2D eigenvalue weighted by Gasteiger charge is -2.36. The average Bonchev–Trinajstić information content (AvgIpc) is 2.46. The number of carbonyl (C=O) groups is 1. The number of carboxylic acids is 1. The van der Waals surface area contributed by atoms with E-state index in [1.165, 1.54) is 18.3 Å². The molecule has 112 valence electrons. The third kappa shape index (κ3) is 2.75. The topological polar surface area (TPSA) is 111 Å². The molecule has 1 N–H and O–H groups in total. The molecular weight excluding hydrogens is 294 g/mol. The van der Waals surface area contributed by atoms with Crippen LogP contribution in [-0.4, -0.2) is 41.4 Å². The quantitative estimate of drug-likeness (QED) is 0.885. The predicted molar refractivity (Wildman–Crippen MR) is 72.7 cm³/mol. The number of piperidine rings is 1. The molecule has 1 aromatic rings. The maximum Gasteiger partial charge on any atom is 0.308 e. The first-order chi connectivity index (χ1) is 9.89. The van der Waals surface area contributed by atoms with Gasteiger partial charge in [0, 0.05) is 18.8 Å². The van der Waals surface area contributed by atoms with Gasteiger partial charge in [-0.3, -0.25) is 4.79 Å². The number of aliphatic carboxylic acids is 1. The van der Waals surface area contributed by atoms with Crippen molar-refractivity contribution in [2.24, 2.45) is 5.92 Å². The second-order valence-corrected chi connectivity index (χ2v) is 6.76. The summed E-state index contributed by atoms with van der Waals surface area (Å²) >= 11 is 0. The summed E-state index contributed by atoms with van der Waals surface area (Å²) in [4.78, 5) is 14.8. The maximum atomic E-state index is 12.7. The van der Waals surface area contributed by atoms with Crippen molar-refractivity contribution in [3.05, 3.63) is 24.0 Å². The van der Waals surface area contributed by atoms with Gasteiger partial charge in [0.05, 0.1) is 5.92 Å². The Kier molecular flexibility index (Phi) is 4.25.